The summed E-state index contributed by atoms with van der Waals surface area (Å²) in [5, 5.41) is 22.3. The van der Waals surface area contributed by atoms with Gasteiger partial charge in [-0.3, -0.25) is 0 Å². The summed E-state index contributed by atoms with van der Waals surface area (Å²) in [7, 11) is -0.552. The first-order valence-electron chi connectivity index (χ1n) is 14.3. The van der Waals surface area contributed by atoms with E-state index in [4.69, 9.17) is 9.84 Å². The number of pyridine rings is 1. The van der Waals surface area contributed by atoms with Crippen LogP contribution in [-0.2, 0) is 20.5 Å². The Morgan fingerprint density at radius 3 is 2.47 bits per heavy atom. The molecule has 0 bridgehead atoms. The van der Waals surface area contributed by atoms with Crippen molar-refractivity contribution in [3.63, 3.8) is 0 Å². The van der Waals surface area contributed by atoms with Gasteiger partial charge in [-0.15, -0.1) is 0 Å². The summed E-state index contributed by atoms with van der Waals surface area (Å²) in [6, 6.07) is 3.56. The van der Waals surface area contributed by atoms with Crippen LogP contribution in [0.2, 0.25) is 0 Å². The molecule has 1 unspecified atom stereocenters. The zero-order valence-electron chi connectivity index (χ0n) is 23.3. The van der Waals surface area contributed by atoms with Crippen molar-refractivity contribution < 1.29 is 26.9 Å². The van der Waals surface area contributed by atoms with Gasteiger partial charge in [-0.25, -0.2) is 0 Å². The summed E-state index contributed by atoms with van der Waals surface area (Å²) < 4.78 is 67.1. The first kappa shape index (κ1) is 28.9. The van der Waals surface area contributed by atoms with Gasteiger partial charge in [0, 0.05) is 7.11 Å². The first-order valence-corrected chi connectivity index (χ1v) is 17.1. The van der Waals surface area contributed by atoms with Crippen LogP contribution < -0.4 is 9.62 Å². The van der Waals surface area contributed by atoms with Crippen LogP contribution in [0, 0.1) is 17.1 Å². The number of carbonyl (C=O) groups is 1. The van der Waals surface area contributed by atoms with Gasteiger partial charge in [0.05, 0.1) is 0 Å². The van der Waals surface area contributed by atoms with Crippen LogP contribution in [0.3, 0.4) is 0 Å². The van der Waals surface area contributed by atoms with E-state index in [1.54, 1.807) is 9.80 Å². The van der Waals surface area contributed by atoms with Crippen LogP contribution in [0.15, 0.2) is 11.0 Å². The Labute approximate surface area is 253 Å². The van der Waals surface area contributed by atoms with Crippen LogP contribution in [-0.4, -0.2) is 93.8 Å². The van der Waals surface area contributed by atoms with E-state index >= 15 is 4.39 Å². The molecule has 4 heterocycles. The molecule has 3 aromatic heterocycles. The van der Waals surface area contributed by atoms with Gasteiger partial charge >= 0.3 is 247 Å². The second-order valence-electron chi connectivity index (χ2n) is 11.6. The number of nitrogens with zero attached hydrogens (tertiary/aromatic N) is 7. The van der Waals surface area contributed by atoms with Gasteiger partial charge in [-0.05, 0) is 0 Å². The maximum atomic E-state index is 16.6. The molecule has 4 aliphatic rings. The summed E-state index contributed by atoms with van der Waals surface area (Å²) in [5.74, 6) is -0.688. The number of halogens is 3. The van der Waals surface area contributed by atoms with Crippen molar-refractivity contribution in [2.24, 2.45) is 0 Å². The van der Waals surface area contributed by atoms with Crippen molar-refractivity contribution in [1.29, 1.82) is 5.26 Å². The second-order valence-corrected chi connectivity index (χ2v) is 14.9. The predicted molar refractivity (Wildman–Crippen MR) is 150 cm³/mol. The Hall–Kier alpha value is -2.83. The predicted octanol–water partition coefficient (Wildman–Crippen LogP) is 2.69. The van der Waals surface area contributed by atoms with Crippen LogP contribution in [0.4, 0.5) is 19.0 Å². The third-order valence-corrected chi connectivity index (χ3v) is 12.2. The standard InChI is InChI=1S/C27H29F3N8O3SSe/c1-41-27(7-8-27)25(39)37-11-9-36(10-12-37)24-19(28)17(42(40)35-26(14-31)5-6-26)13-16-18(22-32-33-23(43-22)21(29)30)20(34-38(16)24)15-3-2-4-15/h13,15,21,35H,2-12H2,1H3. The Morgan fingerprint density at radius 2 is 1.93 bits per heavy atom. The minimum absolute atomic E-state index is 0.0542. The van der Waals surface area contributed by atoms with Gasteiger partial charge < -0.3 is 0 Å². The number of carbonyl (C=O) groups excluding carboxylic acids is 1. The molecule has 1 amide bonds. The molecule has 1 saturated heterocycles. The van der Waals surface area contributed by atoms with Gasteiger partial charge in [-0.1, -0.05) is 0 Å². The van der Waals surface area contributed by atoms with Gasteiger partial charge in [0.2, 0.25) is 0 Å². The van der Waals surface area contributed by atoms with Gasteiger partial charge in [0.15, 0.2) is 0 Å². The molecule has 3 aliphatic carbocycles. The van der Waals surface area contributed by atoms with Gasteiger partial charge in [0.25, 0.3) is 0 Å². The van der Waals surface area contributed by atoms with E-state index in [-0.39, 0.29) is 27.1 Å². The van der Waals surface area contributed by atoms with Crippen LogP contribution in [0.5, 0.6) is 0 Å². The van der Waals surface area contributed by atoms with E-state index in [1.807, 2.05) is 0 Å². The third kappa shape index (κ3) is 4.89. The van der Waals surface area contributed by atoms with Crippen LogP contribution >= 0.6 is 0 Å². The molecular formula is C27H29F3N8O3SSe. The van der Waals surface area contributed by atoms with Gasteiger partial charge in [0.1, 0.15) is 0 Å². The number of nitriles is 1. The number of hydrogen-bond acceptors (Lipinski definition) is 8. The van der Waals surface area contributed by atoms with Crippen molar-refractivity contribution in [2.45, 2.75) is 73.3 Å². The molecule has 16 heteroatoms. The minimum atomic E-state index is -2.73. The molecule has 228 valence electrons. The van der Waals surface area contributed by atoms with Crippen molar-refractivity contribution in [3.8, 4) is 16.2 Å². The quantitative estimate of drug-likeness (QED) is 0.342. The van der Waals surface area contributed by atoms with E-state index in [1.165, 1.54) is 17.7 Å². The Bertz CT molecular complexity index is 1670. The average Bonchev–Trinajstić information content (AvgIpc) is 3.85. The molecule has 1 atom stereocenters. The second kappa shape index (κ2) is 10.7. The average molecular weight is 682 g/mol. The number of aromatic nitrogens is 4. The molecule has 1 N–H and O–H groups in total. The van der Waals surface area contributed by atoms with Crippen molar-refractivity contribution in [2.75, 3.05) is 38.2 Å². The monoisotopic (exact) mass is 682 g/mol. The molecule has 3 aromatic rings. The molecule has 0 aromatic carbocycles. The van der Waals surface area contributed by atoms with Crippen molar-refractivity contribution in [1.82, 2.24) is 29.4 Å². The van der Waals surface area contributed by atoms with E-state index in [0.29, 0.717) is 73.2 Å². The number of piperazine rings is 1. The molecule has 3 saturated carbocycles. The number of rotatable bonds is 9. The fourth-order valence-corrected chi connectivity index (χ4v) is 8.56. The maximum absolute atomic E-state index is 16.6. The fourth-order valence-electron chi connectivity index (χ4n) is 5.77. The molecule has 43 heavy (non-hydrogen) atoms. The number of alkyl halides is 2. The number of anilines is 1. The Balaban J connectivity index is 1.34. The summed E-state index contributed by atoms with van der Waals surface area (Å²) in [6.07, 6.45) is 2.31. The zero-order chi connectivity index (χ0) is 30.1. The van der Waals surface area contributed by atoms with Crippen LogP contribution in [0.1, 0.15) is 67.6 Å². The molecule has 7 rings (SSSR count). The topological polar surface area (TPSA) is 129 Å². The molecular weight excluding hydrogens is 652 g/mol. The molecule has 4 fully saturated rings. The number of amides is 1. The summed E-state index contributed by atoms with van der Waals surface area (Å²) in [6.45, 7) is 1.25. The van der Waals surface area contributed by atoms with Crippen molar-refractivity contribution >= 4 is 42.7 Å². The molecule has 0 spiro atoms. The first-order chi connectivity index (χ1) is 20.7. The Morgan fingerprint density at radius 1 is 1.21 bits per heavy atom. The number of nitrogens with one attached hydrogen (secondary N) is 1. The Kier molecular flexibility index (Phi) is 7.17. The third-order valence-electron chi connectivity index (χ3n) is 8.97. The van der Waals surface area contributed by atoms with E-state index < -0.39 is 48.9 Å². The SMILES string of the molecule is COC1(C(=O)N2CCN(c3c(F)c(S(=O)NC4(C#N)CC4)cc4c(-c5nnc(C(F)F)[se]5)c(C5CCC5)nn34)CC2)CC1. The number of methoxy groups -OCH3 is 1. The van der Waals surface area contributed by atoms with E-state index in [9.17, 15) is 23.0 Å². The summed E-state index contributed by atoms with van der Waals surface area (Å²) in [5.41, 5.74) is -0.148. The molecule has 11 nitrogen and oxygen atoms in total. The molecule has 1 aliphatic heterocycles. The summed E-state index contributed by atoms with van der Waals surface area (Å²) in [4.78, 5) is 16.4. The normalized spacial score (nSPS) is 21.6. The number of fused-ring (bicyclic) bond motifs is 1. The van der Waals surface area contributed by atoms with Crippen LogP contribution in [0.25, 0.3) is 15.6 Å². The molecule has 0 radical (unpaired) electrons. The summed E-state index contributed by atoms with van der Waals surface area (Å²) >= 11 is -0.854. The van der Waals surface area contributed by atoms with E-state index in [2.05, 4.69) is 21.0 Å². The number of hydrogen-bond donors (Lipinski definition) is 1. The number of ether oxygens (including phenoxy) is 1. The fraction of sp³-hybridized carbons (Fsp3) is 0.593. The van der Waals surface area contributed by atoms with Gasteiger partial charge in [-0.2, -0.15) is 0 Å². The zero-order valence-corrected chi connectivity index (χ0v) is 25.8. The van der Waals surface area contributed by atoms with Crippen molar-refractivity contribution in [3.05, 3.63) is 22.1 Å². The van der Waals surface area contributed by atoms with E-state index in [0.717, 1.165) is 19.3 Å².